The quantitative estimate of drug-likeness (QED) is 0.682. The summed E-state index contributed by atoms with van der Waals surface area (Å²) in [4.78, 5) is 37.8. The number of nitrogens with zero attached hydrogens (tertiary/aromatic N) is 2. The molecule has 2 amide bonds. The molecular weight excluding hydrogens is 274 g/mol. The molecular formula is C14H23N3O4. The average molecular weight is 297 g/mol. The Balaban J connectivity index is 1.61. The summed E-state index contributed by atoms with van der Waals surface area (Å²) in [5.41, 5.74) is 0. The number of piperazine rings is 1. The molecule has 0 spiro atoms. The number of hydrogen-bond donors (Lipinski definition) is 2. The van der Waals surface area contributed by atoms with Crippen molar-refractivity contribution in [2.75, 3.05) is 39.3 Å². The van der Waals surface area contributed by atoms with E-state index in [0.717, 1.165) is 6.42 Å². The van der Waals surface area contributed by atoms with Gasteiger partial charge in [0.2, 0.25) is 11.8 Å². The molecule has 0 aromatic rings. The third-order valence-electron chi connectivity index (χ3n) is 4.17. The van der Waals surface area contributed by atoms with Crippen LogP contribution in [0, 0.1) is 11.8 Å². The first-order valence-electron chi connectivity index (χ1n) is 7.47. The van der Waals surface area contributed by atoms with Crippen molar-refractivity contribution >= 4 is 17.8 Å². The van der Waals surface area contributed by atoms with Crippen molar-refractivity contribution < 1.29 is 19.5 Å². The molecule has 2 fully saturated rings. The van der Waals surface area contributed by atoms with Crippen LogP contribution in [0.3, 0.4) is 0 Å². The lowest BCUT2D eigenvalue weighted by molar-refractivity contribution is -0.139. The number of hydrogen-bond acceptors (Lipinski definition) is 4. The van der Waals surface area contributed by atoms with Crippen molar-refractivity contribution in [3.05, 3.63) is 0 Å². The standard InChI is InChI=1S/C14H23N3O4/c1-10-8-11(10)14(21)15-3-2-12(18)17-6-4-16(5-7-17)9-13(19)20/h10-11H,2-9H2,1H3,(H,15,21)(H,19,20). The van der Waals surface area contributed by atoms with Crippen molar-refractivity contribution in [1.82, 2.24) is 15.1 Å². The Labute approximate surface area is 124 Å². The van der Waals surface area contributed by atoms with Crippen LogP contribution >= 0.6 is 0 Å². The molecule has 0 radical (unpaired) electrons. The van der Waals surface area contributed by atoms with Crippen molar-refractivity contribution in [2.45, 2.75) is 19.8 Å². The van der Waals surface area contributed by atoms with Crippen LogP contribution in [0.1, 0.15) is 19.8 Å². The van der Waals surface area contributed by atoms with Crippen molar-refractivity contribution in [2.24, 2.45) is 11.8 Å². The Morgan fingerprint density at radius 3 is 2.33 bits per heavy atom. The van der Waals surface area contributed by atoms with E-state index in [1.807, 2.05) is 11.8 Å². The van der Waals surface area contributed by atoms with Gasteiger partial charge < -0.3 is 15.3 Å². The summed E-state index contributed by atoms with van der Waals surface area (Å²) in [6.07, 6.45) is 1.26. The van der Waals surface area contributed by atoms with E-state index in [-0.39, 0.29) is 24.3 Å². The SMILES string of the molecule is CC1CC1C(=O)NCCC(=O)N1CCN(CC(=O)O)CC1. The van der Waals surface area contributed by atoms with Crippen LogP contribution in [0.25, 0.3) is 0 Å². The van der Waals surface area contributed by atoms with Crippen molar-refractivity contribution in [3.63, 3.8) is 0 Å². The lowest BCUT2D eigenvalue weighted by atomic mass is 10.2. The Hall–Kier alpha value is -1.63. The normalized spacial score (nSPS) is 25.5. The first kappa shape index (κ1) is 15.8. The fourth-order valence-corrected chi connectivity index (χ4v) is 2.62. The highest BCUT2D eigenvalue weighted by Crippen LogP contribution is 2.37. The molecule has 1 heterocycles. The number of carbonyl (C=O) groups is 3. The average Bonchev–Trinajstić information content (AvgIpc) is 3.16. The minimum absolute atomic E-state index is 0.0223. The second-order valence-electron chi connectivity index (χ2n) is 5.91. The van der Waals surface area contributed by atoms with Gasteiger partial charge in [-0.15, -0.1) is 0 Å². The number of nitrogens with one attached hydrogen (secondary N) is 1. The summed E-state index contributed by atoms with van der Waals surface area (Å²) in [5, 5.41) is 11.5. The highest BCUT2D eigenvalue weighted by Gasteiger charge is 2.38. The molecule has 2 aliphatic rings. The molecule has 21 heavy (non-hydrogen) atoms. The highest BCUT2D eigenvalue weighted by molar-refractivity contribution is 5.82. The fourth-order valence-electron chi connectivity index (χ4n) is 2.62. The summed E-state index contributed by atoms with van der Waals surface area (Å²) < 4.78 is 0. The van der Waals surface area contributed by atoms with E-state index < -0.39 is 5.97 Å². The molecule has 2 atom stereocenters. The smallest absolute Gasteiger partial charge is 0.317 e. The summed E-state index contributed by atoms with van der Waals surface area (Å²) in [6, 6.07) is 0. The first-order valence-corrected chi connectivity index (χ1v) is 7.47. The molecule has 1 aliphatic heterocycles. The van der Waals surface area contributed by atoms with Crippen LogP contribution in [-0.4, -0.2) is 72.0 Å². The predicted octanol–water partition coefficient (Wildman–Crippen LogP) is -0.622. The number of aliphatic carboxylic acids is 1. The van der Waals surface area contributed by atoms with Gasteiger partial charge in [0, 0.05) is 45.1 Å². The minimum Gasteiger partial charge on any atom is -0.480 e. The molecule has 118 valence electrons. The van der Waals surface area contributed by atoms with Crippen LogP contribution in [0.5, 0.6) is 0 Å². The molecule has 2 unspecified atom stereocenters. The maximum absolute atomic E-state index is 12.0. The zero-order chi connectivity index (χ0) is 15.4. The van der Waals surface area contributed by atoms with E-state index in [0.29, 0.717) is 45.1 Å². The second-order valence-corrected chi connectivity index (χ2v) is 5.91. The maximum atomic E-state index is 12.0. The second kappa shape index (κ2) is 6.89. The maximum Gasteiger partial charge on any atom is 0.317 e. The van der Waals surface area contributed by atoms with Gasteiger partial charge in [0.05, 0.1) is 6.54 Å². The summed E-state index contributed by atoms with van der Waals surface area (Å²) in [6.45, 7) is 4.74. The third kappa shape index (κ3) is 4.70. The lowest BCUT2D eigenvalue weighted by Crippen LogP contribution is -2.50. The molecule has 2 N–H and O–H groups in total. The highest BCUT2D eigenvalue weighted by atomic mass is 16.4. The van der Waals surface area contributed by atoms with Gasteiger partial charge in [-0.1, -0.05) is 6.92 Å². The zero-order valence-electron chi connectivity index (χ0n) is 12.4. The number of amides is 2. The van der Waals surface area contributed by atoms with Gasteiger partial charge in [-0.3, -0.25) is 19.3 Å². The molecule has 0 bridgehead atoms. The van der Waals surface area contributed by atoms with Crippen LogP contribution < -0.4 is 5.32 Å². The van der Waals surface area contributed by atoms with E-state index in [9.17, 15) is 14.4 Å². The molecule has 1 saturated heterocycles. The molecule has 0 aromatic heterocycles. The van der Waals surface area contributed by atoms with E-state index >= 15 is 0 Å². The summed E-state index contributed by atoms with van der Waals surface area (Å²) >= 11 is 0. The van der Waals surface area contributed by atoms with Gasteiger partial charge in [-0.2, -0.15) is 0 Å². The zero-order valence-corrected chi connectivity index (χ0v) is 12.4. The van der Waals surface area contributed by atoms with E-state index in [1.165, 1.54) is 0 Å². The van der Waals surface area contributed by atoms with Crippen LogP contribution in [0.15, 0.2) is 0 Å². The van der Waals surface area contributed by atoms with E-state index in [2.05, 4.69) is 5.32 Å². The van der Waals surface area contributed by atoms with Gasteiger partial charge >= 0.3 is 5.97 Å². The third-order valence-corrected chi connectivity index (χ3v) is 4.17. The van der Waals surface area contributed by atoms with Crippen LogP contribution in [0.2, 0.25) is 0 Å². The minimum atomic E-state index is -0.841. The molecule has 7 heteroatoms. The molecule has 1 saturated carbocycles. The summed E-state index contributed by atoms with van der Waals surface area (Å²) in [7, 11) is 0. The Morgan fingerprint density at radius 1 is 1.19 bits per heavy atom. The number of carboxylic acids is 1. The van der Waals surface area contributed by atoms with Gasteiger partial charge in [0.25, 0.3) is 0 Å². The van der Waals surface area contributed by atoms with Gasteiger partial charge in [-0.25, -0.2) is 0 Å². The van der Waals surface area contributed by atoms with Crippen LogP contribution in [-0.2, 0) is 14.4 Å². The Kier molecular flexibility index (Phi) is 5.17. The summed E-state index contributed by atoms with van der Waals surface area (Å²) in [5.74, 6) is -0.148. The van der Waals surface area contributed by atoms with Crippen LogP contribution in [0.4, 0.5) is 0 Å². The monoisotopic (exact) mass is 297 g/mol. The Bertz CT molecular complexity index is 418. The Morgan fingerprint density at radius 2 is 1.81 bits per heavy atom. The number of carboxylic acid groups (broad SMARTS) is 1. The topological polar surface area (TPSA) is 90.0 Å². The predicted molar refractivity (Wildman–Crippen MR) is 75.6 cm³/mol. The lowest BCUT2D eigenvalue weighted by Gasteiger charge is -2.33. The number of carbonyl (C=O) groups excluding carboxylic acids is 2. The molecule has 1 aliphatic carbocycles. The van der Waals surface area contributed by atoms with E-state index in [4.69, 9.17) is 5.11 Å². The van der Waals surface area contributed by atoms with E-state index in [1.54, 1.807) is 4.90 Å². The fraction of sp³-hybridized carbons (Fsp3) is 0.786. The van der Waals surface area contributed by atoms with Gasteiger partial charge in [-0.05, 0) is 12.3 Å². The van der Waals surface area contributed by atoms with Crippen molar-refractivity contribution in [3.8, 4) is 0 Å². The van der Waals surface area contributed by atoms with Gasteiger partial charge in [0.15, 0.2) is 0 Å². The molecule has 7 nitrogen and oxygen atoms in total. The largest absolute Gasteiger partial charge is 0.480 e. The first-order chi connectivity index (χ1) is 9.97. The molecule has 2 rings (SSSR count). The number of rotatable bonds is 6. The van der Waals surface area contributed by atoms with Crippen molar-refractivity contribution in [1.29, 1.82) is 0 Å². The molecule has 0 aromatic carbocycles. The van der Waals surface area contributed by atoms with Gasteiger partial charge in [0.1, 0.15) is 0 Å².